The van der Waals surface area contributed by atoms with Crippen LogP contribution in [0.3, 0.4) is 0 Å². The number of carbonyl (C=O) groups excluding carboxylic acids is 2. The van der Waals surface area contributed by atoms with Gasteiger partial charge in [0.25, 0.3) is 0 Å². The molecule has 0 bridgehead atoms. The lowest BCUT2D eigenvalue weighted by Crippen LogP contribution is -2.39. The summed E-state index contributed by atoms with van der Waals surface area (Å²) in [5, 5.41) is 0.0983. The van der Waals surface area contributed by atoms with Crippen molar-refractivity contribution in [2.45, 2.75) is 45.4 Å². The zero-order chi connectivity index (χ0) is 14.9. The first kappa shape index (κ1) is 14.8. The Morgan fingerprint density at radius 2 is 2.05 bits per heavy atom. The van der Waals surface area contributed by atoms with E-state index < -0.39 is 17.7 Å². The monoisotopic (exact) mass is 291 g/mol. The number of benzene rings is 1. The summed E-state index contributed by atoms with van der Waals surface area (Å²) in [6.07, 6.45) is 0.334. The highest BCUT2D eigenvalue weighted by Crippen LogP contribution is 2.34. The Bertz CT molecular complexity index is 542. The molecule has 0 saturated heterocycles. The largest absolute Gasteiger partial charge is 0.443 e. The Morgan fingerprint density at radius 3 is 2.65 bits per heavy atom. The molecule has 0 aliphatic carbocycles. The van der Waals surface area contributed by atoms with Gasteiger partial charge in [-0.2, -0.15) is 0 Å². The number of ether oxygens (including phenoxy) is 1. The summed E-state index contributed by atoms with van der Waals surface area (Å²) in [7, 11) is 0.418. The zero-order valence-corrected chi connectivity index (χ0v) is 14.5. The van der Waals surface area contributed by atoms with Gasteiger partial charge in [-0.05, 0) is 31.4 Å². The van der Waals surface area contributed by atoms with Crippen LogP contribution < -0.4 is 0 Å². The number of nitrogens with zero attached hydrogens (tertiary/aromatic N) is 1. The number of hydrogen-bond donors (Lipinski definition) is 0. The van der Waals surface area contributed by atoms with Crippen LogP contribution in [0.4, 0.5) is 4.79 Å². The van der Waals surface area contributed by atoms with E-state index in [0.29, 0.717) is 16.8 Å². The van der Waals surface area contributed by atoms with Crippen molar-refractivity contribution in [2.24, 2.45) is 0 Å². The molecule has 0 spiro atoms. The molecule has 1 aromatic rings. The van der Waals surface area contributed by atoms with E-state index in [4.69, 9.17) is 4.74 Å². The normalized spacial score (nSPS) is 17.9. The Balaban J connectivity index is 2.26. The lowest BCUT2D eigenvalue weighted by molar-refractivity contribution is -0.116. The first-order valence-electron chi connectivity index (χ1n) is 6.93. The van der Waals surface area contributed by atoms with E-state index in [0.717, 1.165) is 17.5 Å². The SMILES string of the molecule is CCC(C)(C)OC(=O)N1Cc2ccccc2C1C(=O)[SiH3]. The first-order chi connectivity index (χ1) is 9.35. The molecule has 0 fully saturated rings. The van der Waals surface area contributed by atoms with Crippen LogP contribution in [0, 0.1) is 0 Å². The summed E-state index contributed by atoms with van der Waals surface area (Å²) in [6.45, 7) is 6.19. The van der Waals surface area contributed by atoms with Crippen molar-refractivity contribution in [3.63, 3.8) is 0 Å². The predicted molar refractivity (Wildman–Crippen MR) is 80.5 cm³/mol. The van der Waals surface area contributed by atoms with Gasteiger partial charge in [0.05, 0.1) is 16.8 Å². The van der Waals surface area contributed by atoms with E-state index in [1.54, 1.807) is 4.90 Å². The molecule has 1 aliphatic rings. The number of amides is 1. The molecule has 1 atom stereocenters. The minimum Gasteiger partial charge on any atom is -0.443 e. The van der Waals surface area contributed by atoms with Crippen molar-refractivity contribution in [1.29, 1.82) is 0 Å². The Hall–Kier alpha value is -1.62. The maximum Gasteiger partial charge on any atom is 0.411 e. The third kappa shape index (κ3) is 2.77. The molecule has 2 rings (SSSR count). The van der Waals surface area contributed by atoms with E-state index in [1.807, 2.05) is 45.0 Å². The van der Waals surface area contributed by atoms with Crippen LogP contribution in [0.2, 0.25) is 0 Å². The highest BCUT2D eigenvalue weighted by atomic mass is 28.1. The van der Waals surface area contributed by atoms with Crippen LogP contribution in [-0.4, -0.2) is 32.2 Å². The van der Waals surface area contributed by atoms with Gasteiger partial charge in [-0.3, -0.25) is 4.90 Å². The average Bonchev–Trinajstić information content (AvgIpc) is 2.77. The molecular weight excluding hydrogens is 270 g/mol. The number of fused-ring (bicyclic) bond motifs is 1. The summed E-state index contributed by atoms with van der Waals surface area (Å²) >= 11 is 0. The number of rotatable bonds is 3. The summed E-state index contributed by atoms with van der Waals surface area (Å²) < 4.78 is 5.53. The van der Waals surface area contributed by atoms with Crippen LogP contribution in [-0.2, 0) is 16.1 Å². The second-order valence-corrected chi connectivity index (χ2v) is 6.81. The molecule has 0 radical (unpaired) electrons. The van der Waals surface area contributed by atoms with E-state index in [1.165, 1.54) is 0 Å². The minimum absolute atomic E-state index is 0.0983. The van der Waals surface area contributed by atoms with Crippen LogP contribution in [0.25, 0.3) is 0 Å². The minimum atomic E-state index is -0.509. The number of carbonyl (C=O) groups is 2. The molecular formula is C15H21NO3Si. The Kier molecular flexibility index (Phi) is 3.99. The molecule has 4 nitrogen and oxygen atoms in total. The topological polar surface area (TPSA) is 46.6 Å². The van der Waals surface area contributed by atoms with Gasteiger partial charge < -0.3 is 9.53 Å². The van der Waals surface area contributed by atoms with E-state index in [2.05, 4.69) is 0 Å². The fourth-order valence-corrected chi connectivity index (χ4v) is 2.99. The van der Waals surface area contributed by atoms with Gasteiger partial charge in [-0.1, -0.05) is 31.2 Å². The van der Waals surface area contributed by atoms with Crippen LogP contribution in [0.5, 0.6) is 0 Å². The second-order valence-electron chi connectivity index (χ2n) is 5.82. The molecule has 108 valence electrons. The van der Waals surface area contributed by atoms with Crippen molar-refractivity contribution >= 4 is 21.7 Å². The molecule has 1 unspecified atom stereocenters. The summed E-state index contributed by atoms with van der Waals surface area (Å²) in [5.74, 6) is 0. The Morgan fingerprint density at radius 1 is 1.40 bits per heavy atom. The lowest BCUT2D eigenvalue weighted by atomic mass is 10.1. The van der Waals surface area contributed by atoms with Crippen LogP contribution in [0.1, 0.15) is 44.4 Å². The molecule has 5 heteroatoms. The fraction of sp³-hybridized carbons (Fsp3) is 0.467. The van der Waals surface area contributed by atoms with Gasteiger partial charge in [0.1, 0.15) is 17.0 Å². The molecule has 0 aromatic heterocycles. The van der Waals surface area contributed by atoms with Crippen molar-refractivity contribution in [3.8, 4) is 0 Å². The maximum atomic E-state index is 12.4. The maximum absolute atomic E-state index is 12.4. The van der Waals surface area contributed by atoms with E-state index in [9.17, 15) is 9.59 Å². The van der Waals surface area contributed by atoms with Gasteiger partial charge in [0.2, 0.25) is 0 Å². The van der Waals surface area contributed by atoms with Crippen molar-refractivity contribution in [1.82, 2.24) is 4.90 Å². The predicted octanol–water partition coefficient (Wildman–Crippen LogP) is 1.76. The number of hydrogen-bond acceptors (Lipinski definition) is 3. The molecule has 1 aromatic carbocycles. The quantitative estimate of drug-likeness (QED) is 0.797. The zero-order valence-electron chi connectivity index (χ0n) is 12.5. The van der Waals surface area contributed by atoms with Crippen LogP contribution >= 0.6 is 0 Å². The first-order valence-corrected chi connectivity index (χ1v) is 7.93. The van der Waals surface area contributed by atoms with Crippen molar-refractivity contribution in [3.05, 3.63) is 35.4 Å². The third-order valence-electron chi connectivity index (χ3n) is 3.84. The third-order valence-corrected chi connectivity index (χ3v) is 4.38. The Labute approximate surface area is 122 Å². The highest BCUT2D eigenvalue weighted by Gasteiger charge is 2.38. The van der Waals surface area contributed by atoms with Crippen LogP contribution in [0.15, 0.2) is 24.3 Å². The van der Waals surface area contributed by atoms with E-state index in [-0.39, 0.29) is 5.41 Å². The highest BCUT2D eigenvalue weighted by molar-refractivity contribution is 6.59. The van der Waals surface area contributed by atoms with Gasteiger partial charge >= 0.3 is 6.09 Å². The van der Waals surface area contributed by atoms with Crippen molar-refractivity contribution in [2.75, 3.05) is 0 Å². The smallest absolute Gasteiger partial charge is 0.411 e. The molecule has 1 amide bonds. The van der Waals surface area contributed by atoms with Gasteiger partial charge in [0, 0.05) is 0 Å². The lowest BCUT2D eigenvalue weighted by Gasteiger charge is -2.29. The summed E-state index contributed by atoms with van der Waals surface area (Å²) in [5.41, 5.74) is 1.47. The molecule has 0 saturated carbocycles. The standard InChI is InChI=1S/C15H21NO3Si/c1-4-15(2,3)19-14(18)16-9-10-7-5-6-8-11(10)12(16)13(17)20/h5-8,12H,4,9H2,1-3,20H3. The van der Waals surface area contributed by atoms with Gasteiger partial charge in [-0.25, -0.2) is 4.79 Å². The average molecular weight is 291 g/mol. The second kappa shape index (κ2) is 5.40. The van der Waals surface area contributed by atoms with E-state index >= 15 is 0 Å². The van der Waals surface area contributed by atoms with Gasteiger partial charge in [-0.15, -0.1) is 0 Å². The molecule has 1 heterocycles. The molecule has 1 aliphatic heterocycles. The molecule has 0 N–H and O–H groups in total. The fourth-order valence-electron chi connectivity index (χ4n) is 2.36. The summed E-state index contributed by atoms with van der Waals surface area (Å²) in [4.78, 5) is 25.9. The summed E-state index contributed by atoms with van der Waals surface area (Å²) in [6, 6.07) is 7.26. The van der Waals surface area contributed by atoms with Gasteiger partial charge in [0.15, 0.2) is 0 Å². The molecule has 20 heavy (non-hydrogen) atoms. The van der Waals surface area contributed by atoms with Crippen molar-refractivity contribution < 1.29 is 14.3 Å².